The molecule has 1 aromatic rings. The van der Waals surface area contributed by atoms with Crippen LogP contribution >= 0.6 is 11.6 Å². The SMILES string of the molecule is CCC1N(c2ccc(C#N)c(Cl)c2)C(=O)CC1(C)O. The van der Waals surface area contributed by atoms with Crippen molar-refractivity contribution in [3.05, 3.63) is 28.8 Å². The fourth-order valence-corrected chi connectivity index (χ4v) is 2.87. The molecule has 0 spiro atoms. The molecular weight excluding hydrogens is 264 g/mol. The first kappa shape index (κ1) is 13.9. The molecule has 1 amide bonds. The maximum atomic E-state index is 12.1. The standard InChI is InChI=1S/C14H15ClN2O2/c1-3-12-14(2,19)7-13(18)17(12)10-5-4-9(8-16)11(15)6-10/h4-6,12,19H,3,7H2,1-2H3. The Bertz CT molecular complexity index is 563. The molecule has 2 atom stereocenters. The molecule has 1 heterocycles. The number of anilines is 1. The van der Waals surface area contributed by atoms with Gasteiger partial charge in [0.2, 0.25) is 5.91 Å². The Morgan fingerprint density at radius 2 is 2.32 bits per heavy atom. The second kappa shape index (κ2) is 4.84. The fraction of sp³-hybridized carbons (Fsp3) is 0.429. The third kappa shape index (κ3) is 2.32. The summed E-state index contributed by atoms with van der Waals surface area (Å²) in [5, 5.41) is 19.4. The number of carbonyl (C=O) groups excluding carboxylic acids is 1. The lowest BCUT2D eigenvalue weighted by Gasteiger charge is -2.30. The molecule has 1 N–H and O–H groups in total. The smallest absolute Gasteiger partial charge is 0.230 e. The Balaban J connectivity index is 2.44. The van der Waals surface area contributed by atoms with Gasteiger partial charge in [0, 0.05) is 5.69 Å². The molecule has 0 radical (unpaired) electrons. The maximum absolute atomic E-state index is 12.1. The molecule has 1 saturated heterocycles. The van der Waals surface area contributed by atoms with Gasteiger partial charge in [0.15, 0.2) is 0 Å². The molecule has 1 aromatic carbocycles. The highest BCUT2D eigenvalue weighted by Crippen LogP contribution is 2.36. The molecule has 1 aliphatic rings. The summed E-state index contributed by atoms with van der Waals surface area (Å²) >= 11 is 5.99. The summed E-state index contributed by atoms with van der Waals surface area (Å²) in [6, 6.07) is 6.58. The van der Waals surface area contributed by atoms with Gasteiger partial charge < -0.3 is 10.0 Å². The zero-order chi connectivity index (χ0) is 14.2. The van der Waals surface area contributed by atoms with E-state index >= 15 is 0 Å². The molecule has 19 heavy (non-hydrogen) atoms. The molecule has 2 unspecified atom stereocenters. The predicted octanol–water partition coefficient (Wildman–Crippen LogP) is 2.48. The molecule has 0 aromatic heterocycles. The van der Waals surface area contributed by atoms with E-state index in [1.54, 1.807) is 30.0 Å². The summed E-state index contributed by atoms with van der Waals surface area (Å²) < 4.78 is 0. The zero-order valence-corrected chi connectivity index (χ0v) is 11.6. The van der Waals surface area contributed by atoms with Gasteiger partial charge in [-0.05, 0) is 31.5 Å². The average molecular weight is 279 g/mol. The van der Waals surface area contributed by atoms with Gasteiger partial charge in [-0.3, -0.25) is 4.79 Å². The van der Waals surface area contributed by atoms with E-state index in [0.717, 1.165) is 0 Å². The van der Waals surface area contributed by atoms with E-state index < -0.39 is 5.60 Å². The summed E-state index contributed by atoms with van der Waals surface area (Å²) in [5.74, 6) is -0.127. The summed E-state index contributed by atoms with van der Waals surface area (Å²) in [7, 11) is 0. The van der Waals surface area contributed by atoms with E-state index in [9.17, 15) is 9.90 Å². The highest BCUT2D eigenvalue weighted by Gasteiger charge is 2.47. The number of benzene rings is 1. The Morgan fingerprint density at radius 3 is 2.84 bits per heavy atom. The third-order valence-corrected chi connectivity index (χ3v) is 3.86. The monoisotopic (exact) mass is 278 g/mol. The highest BCUT2D eigenvalue weighted by atomic mass is 35.5. The van der Waals surface area contributed by atoms with Crippen LogP contribution in [0.4, 0.5) is 5.69 Å². The fourth-order valence-electron chi connectivity index (χ4n) is 2.65. The van der Waals surface area contributed by atoms with Crippen LogP contribution in [-0.2, 0) is 4.79 Å². The molecule has 2 rings (SSSR count). The van der Waals surface area contributed by atoms with Crippen LogP contribution in [0.3, 0.4) is 0 Å². The molecule has 1 aliphatic heterocycles. The van der Waals surface area contributed by atoms with Gasteiger partial charge in [-0.15, -0.1) is 0 Å². The topological polar surface area (TPSA) is 64.3 Å². The average Bonchev–Trinajstić information content (AvgIpc) is 2.57. The van der Waals surface area contributed by atoms with Crippen molar-refractivity contribution in [3.8, 4) is 6.07 Å². The van der Waals surface area contributed by atoms with Crippen molar-refractivity contribution in [2.75, 3.05) is 4.90 Å². The van der Waals surface area contributed by atoms with Gasteiger partial charge in [-0.2, -0.15) is 5.26 Å². The van der Waals surface area contributed by atoms with Crippen molar-refractivity contribution in [2.45, 2.75) is 38.3 Å². The molecule has 1 fully saturated rings. The predicted molar refractivity (Wildman–Crippen MR) is 73.0 cm³/mol. The highest BCUT2D eigenvalue weighted by molar-refractivity contribution is 6.32. The first-order valence-corrected chi connectivity index (χ1v) is 6.52. The molecular formula is C14H15ClN2O2. The van der Waals surface area contributed by atoms with Crippen LogP contribution in [0.5, 0.6) is 0 Å². The van der Waals surface area contributed by atoms with Gasteiger partial charge in [-0.1, -0.05) is 18.5 Å². The summed E-state index contributed by atoms with van der Waals surface area (Å²) in [5.41, 5.74) is -0.0397. The quantitative estimate of drug-likeness (QED) is 0.904. The minimum atomic E-state index is -1.04. The Hall–Kier alpha value is -1.57. The first-order valence-electron chi connectivity index (χ1n) is 6.14. The maximum Gasteiger partial charge on any atom is 0.230 e. The van der Waals surface area contributed by atoms with Crippen molar-refractivity contribution >= 4 is 23.2 Å². The molecule has 0 saturated carbocycles. The minimum absolute atomic E-state index is 0.100. The second-order valence-corrected chi connectivity index (χ2v) is 5.40. The number of amides is 1. The van der Waals surface area contributed by atoms with Crippen molar-refractivity contribution in [3.63, 3.8) is 0 Å². The number of nitrogens with zero attached hydrogens (tertiary/aromatic N) is 2. The van der Waals surface area contributed by atoms with Crippen LogP contribution in [-0.4, -0.2) is 22.7 Å². The number of nitriles is 1. The number of carbonyl (C=O) groups is 1. The second-order valence-electron chi connectivity index (χ2n) is 5.00. The number of hydrogen-bond acceptors (Lipinski definition) is 3. The number of aliphatic hydroxyl groups is 1. The van der Waals surface area contributed by atoms with Crippen molar-refractivity contribution in [2.24, 2.45) is 0 Å². The summed E-state index contributed by atoms with van der Waals surface area (Å²) in [4.78, 5) is 13.7. The third-order valence-electron chi connectivity index (χ3n) is 3.55. The van der Waals surface area contributed by atoms with E-state index in [1.807, 2.05) is 13.0 Å². The molecule has 0 aliphatic carbocycles. The van der Waals surface area contributed by atoms with Gasteiger partial charge >= 0.3 is 0 Å². The van der Waals surface area contributed by atoms with E-state index in [0.29, 0.717) is 22.7 Å². The van der Waals surface area contributed by atoms with Crippen LogP contribution in [0.1, 0.15) is 32.3 Å². The summed E-state index contributed by atoms with van der Waals surface area (Å²) in [6.45, 7) is 3.60. The first-order chi connectivity index (χ1) is 8.90. The van der Waals surface area contributed by atoms with Gasteiger partial charge in [0.1, 0.15) is 6.07 Å². The van der Waals surface area contributed by atoms with Crippen LogP contribution in [0.2, 0.25) is 5.02 Å². The molecule has 0 bridgehead atoms. The summed E-state index contributed by atoms with van der Waals surface area (Å²) in [6.07, 6.45) is 0.749. The van der Waals surface area contributed by atoms with E-state index in [4.69, 9.17) is 16.9 Å². The number of halogens is 1. The number of rotatable bonds is 2. The molecule has 4 nitrogen and oxygen atoms in total. The van der Waals surface area contributed by atoms with E-state index in [2.05, 4.69) is 0 Å². The molecule has 5 heteroatoms. The lowest BCUT2D eigenvalue weighted by Crippen LogP contribution is -2.42. The van der Waals surface area contributed by atoms with Crippen LogP contribution < -0.4 is 4.90 Å². The lowest BCUT2D eigenvalue weighted by molar-refractivity contribution is -0.118. The molecule has 100 valence electrons. The largest absolute Gasteiger partial charge is 0.387 e. The Kier molecular flexibility index (Phi) is 3.53. The lowest BCUT2D eigenvalue weighted by atomic mass is 9.95. The van der Waals surface area contributed by atoms with Crippen LogP contribution in [0, 0.1) is 11.3 Å². The Labute approximate surface area is 117 Å². The van der Waals surface area contributed by atoms with Gasteiger partial charge in [0.05, 0.1) is 28.6 Å². The number of hydrogen-bond donors (Lipinski definition) is 1. The van der Waals surface area contributed by atoms with E-state index in [-0.39, 0.29) is 18.4 Å². The Morgan fingerprint density at radius 1 is 1.63 bits per heavy atom. The van der Waals surface area contributed by atoms with E-state index in [1.165, 1.54) is 0 Å². The van der Waals surface area contributed by atoms with Crippen LogP contribution in [0.15, 0.2) is 18.2 Å². The van der Waals surface area contributed by atoms with Gasteiger partial charge in [-0.25, -0.2) is 0 Å². The van der Waals surface area contributed by atoms with Gasteiger partial charge in [0.25, 0.3) is 0 Å². The van der Waals surface area contributed by atoms with Crippen molar-refractivity contribution < 1.29 is 9.90 Å². The van der Waals surface area contributed by atoms with Crippen LogP contribution in [0.25, 0.3) is 0 Å². The minimum Gasteiger partial charge on any atom is -0.387 e. The normalized spacial score (nSPS) is 26.6. The van der Waals surface area contributed by atoms with Crippen molar-refractivity contribution in [1.82, 2.24) is 0 Å². The zero-order valence-electron chi connectivity index (χ0n) is 10.9. The van der Waals surface area contributed by atoms with Crippen molar-refractivity contribution in [1.29, 1.82) is 5.26 Å².